The summed E-state index contributed by atoms with van der Waals surface area (Å²) >= 11 is 0. The van der Waals surface area contributed by atoms with Crippen molar-refractivity contribution in [2.24, 2.45) is 0 Å². The molecule has 0 aliphatic carbocycles. The van der Waals surface area contributed by atoms with E-state index in [1.54, 1.807) is 11.9 Å². The molecule has 0 bridgehead atoms. The predicted molar refractivity (Wildman–Crippen MR) is 61.1 cm³/mol. The fourth-order valence-corrected chi connectivity index (χ4v) is 1.86. The van der Waals surface area contributed by atoms with Crippen molar-refractivity contribution in [1.82, 2.24) is 4.90 Å². The molecule has 1 aromatic carbocycles. The second-order valence-electron chi connectivity index (χ2n) is 4.03. The topological polar surface area (TPSA) is 49.4 Å². The van der Waals surface area contributed by atoms with Gasteiger partial charge in [-0.25, -0.2) is 0 Å². The minimum Gasteiger partial charge on any atom is -0.345 e. The summed E-state index contributed by atoms with van der Waals surface area (Å²) < 4.78 is 0. The third kappa shape index (κ3) is 1.78. The number of anilines is 1. The first-order valence-electron chi connectivity index (χ1n) is 5.21. The van der Waals surface area contributed by atoms with Crippen LogP contribution in [0.2, 0.25) is 0 Å². The van der Waals surface area contributed by atoms with Crippen molar-refractivity contribution in [3.63, 3.8) is 0 Å². The lowest BCUT2D eigenvalue weighted by atomic mass is 10.0. The number of nitrogens with one attached hydrogen (secondary N) is 1. The monoisotopic (exact) mass is 218 g/mol. The molecule has 1 unspecified atom stereocenters. The van der Waals surface area contributed by atoms with E-state index in [9.17, 15) is 9.59 Å². The molecule has 0 spiro atoms. The lowest BCUT2D eigenvalue weighted by Gasteiger charge is -2.18. The van der Waals surface area contributed by atoms with Gasteiger partial charge in [-0.2, -0.15) is 0 Å². The van der Waals surface area contributed by atoms with Crippen molar-refractivity contribution in [1.29, 1.82) is 0 Å². The van der Waals surface area contributed by atoms with Crippen LogP contribution in [0.1, 0.15) is 18.4 Å². The largest absolute Gasteiger partial charge is 0.345 e. The Morgan fingerprint density at radius 1 is 1.44 bits per heavy atom. The van der Waals surface area contributed by atoms with E-state index in [0.717, 1.165) is 11.3 Å². The number of carbonyl (C=O) groups excluding carboxylic acids is 2. The molecule has 2 amide bonds. The van der Waals surface area contributed by atoms with Gasteiger partial charge in [0, 0.05) is 26.2 Å². The minimum atomic E-state index is -0.245. The third-order valence-electron chi connectivity index (χ3n) is 2.90. The number of rotatable bonds is 2. The molecule has 1 heterocycles. The zero-order chi connectivity index (χ0) is 11.7. The number of carbonyl (C=O) groups is 2. The maximum absolute atomic E-state index is 11.7. The lowest BCUT2D eigenvalue weighted by molar-refractivity contribution is -0.128. The second-order valence-corrected chi connectivity index (χ2v) is 4.03. The van der Waals surface area contributed by atoms with Crippen LogP contribution in [0.25, 0.3) is 0 Å². The average molecular weight is 218 g/mol. The molecule has 1 atom stereocenters. The van der Waals surface area contributed by atoms with Crippen molar-refractivity contribution in [3.8, 4) is 0 Å². The van der Waals surface area contributed by atoms with Gasteiger partial charge in [-0.1, -0.05) is 18.2 Å². The first-order valence-corrected chi connectivity index (χ1v) is 5.21. The summed E-state index contributed by atoms with van der Waals surface area (Å²) in [7, 11) is 1.70. The highest BCUT2D eigenvalue weighted by Gasteiger charge is 2.31. The summed E-state index contributed by atoms with van der Waals surface area (Å²) in [6.07, 6.45) is 0. The number of likely N-dealkylation sites (N-methyl/N-ethyl adjacent to an activating group) is 1. The van der Waals surface area contributed by atoms with E-state index in [-0.39, 0.29) is 17.7 Å². The van der Waals surface area contributed by atoms with Gasteiger partial charge >= 0.3 is 0 Å². The summed E-state index contributed by atoms with van der Waals surface area (Å²) in [6, 6.07) is 7.59. The summed E-state index contributed by atoms with van der Waals surface area (Å²) in [5, 5.41) is 2.81. The number of para-hydroxylation sites is 1. The Morgan fingerprint density at radius 2 is 2.12 bits per heavy atom. The Bertz CT molecular complexity index is 442. The molecule has 0 saturated carbocycles. The van der Waals surface area contributed by atoms with Crippen LogP contribution in [0.5, 0.6) is 0 Å². The van der Waals surface area contributed by atoms with E-state index in [2.05, 4.69) is 5.32 Å². The van der Waals surface area contributed by atoms with Crippen molar-refractivity contribution < 1.29 is 9.59 Å². The first kappa shape index (κ1) is 10.7. The van der Waals surface area contributed by atoms with Gasteiger partial charge in [0.2, 0.25) is 11.8 Å². The number of benzene rings is 1. The zero-order valence-electron chi connectivity index (χ0n) is 9.36. The van der Waals surface area contributed by atoms with Crippen molar-refractivity contribution in [3.05, 3.63) is 29.8 Å². The standard InChI is InChI=1S/C12H14N2O2/c1-8(15)14(2)7-10-9-5-3-4-6-11(9)13-12(10)16/h3-6,10H,7H2,1-2H3,(H,13,16). The normalized spacial score (nSPS) is 17.9. The third-order valence-corrected chi connectivity index (χ3v) is 2.90. The molecule has 4 heteroatoms. The molecule has 0 fully saturated rings. The van der Waals surface area contributed by atoms with Gasteiger partial charge in [-0.15, -0.1) is 0 Å². The van der Waals surface area contributed by atoms with E-state index in [1.165, 1.54) is 6.92 Å². The number of hydrogen-bond acceptors (Lipinski definition) is 2. The molecular weight excluding hydrogens is 204 g/mol. The molecule has 1 aliphatic heterocycles. The molecule has 1 N–H and O–H groups in total. The number of fused-ring (bicyclic) bond motifs is 1. The molecule has 84 valence electrons. The van der Waals surface area contributed by atoms with E-state index < -0.39 is 0 Å². The lowest BCUT2D eigenvalue weighted by Crippen LogP contribution is -2.31. The molecule has 1 aromatic rings. The van der Waals surface area contributed by atoms with Crippen molar-refractivity contribution in [2.45, 2.75) is 12.8 Å². The highest BCUT2D eigenvalue weighted by atomic mass is 16.2. The summed E-state index contributed by atoms with van der Waals surface area (Å²) in [6.45, 7) is 1.93. The van der Waals surface area contributed by atoms with Crippen LogP contribution < -0.4 is 5.32 Å². The van der Waals surface area contributed by atoms with Crippen LogP contribution in [0.4, 0.5) is 5.69 Å². The van der Waals surface area contributed by atoms with Gasteiger partial charge in [-0.05, 0) is 11.6 Å². The molecule has 1 aliphatic rings. The van der Waals surface area contributed by atoms with Gasteiger partial charge in [0.1, 0.15) is 0 Å². The number of hydrogen-bond donors (Lipinski definition) is 1. The molecule has 4 nitrogen and oxygen atoms in total. The molecule has 0 aromatic heterocycles. The molecule has 0 radical (unpaired) electrons. The van der Waals surface area contributed by atoms with Gasteiger partial charge in [0.05, 0.1) is 5.92 Å². The van der Waals surface area contributed by atoms with Gasteiger partial charge < -0.3 is 10.2 Å². The van der Waals surface area contributed by atoms with Crippen LogP contribution in [-0.2, 0) is 9.59 Å². The molecular formula is C12H14N2O2. The van der Waals surface area contributed by atoms with Crippen LogP contribution in [-0.4, -0.2) is 30.3 Å². The number of amides is 2. The van der Waals surface area contributed by atoms with Gasteiger partial charge in [0.25, 0.3) is 0 Å². The highest BCUT2D eigenvalue weighted by molar-refractivity contribution is 6.03. The fourth-order valence-electron chi connectivity index (χ4n) is 1.86. The summed E-state index contributed by atoms with van der Waals surface area (Å²) in [5.74, 6) is -0.309. The first-order chi connectivity index (χ1) is 7.59. The van der Waals surface area contributed by atoms with Crippen LogP contribution in [0.15, 0.2) is 24.3 Å². The molecule has 16 heavy (non-hydrogen) atoms. The van der Waals surface area contributed by atoms with Crippen LogP contribution in [0, 0.1) is 0 Å². The Balaban J connectivity index is 2.22. The maximum atomic E-state index is 11.7. The summed E-state index contributed by atoms with van der Waals surface area (Å²) in [4.78, 5) is 24.4. The minimum absolute atomic E-state index is 0.0304. The molecule has 0 saturated heterocycles. The van der Waals surface area contributed by atoms with E-state index in [1.807, 2.05) is 24.3 Å². The number of nitrogens with zero attached hydrogens (tertiary/aromatic N) is 1. The zero-order valence-corrected chi connectivity index (χ0v) is 9.36. The maximum Gasteiger partial charge on any atom is 0.233 e. The van der Waals surface area contributed by atoms with E-state index in [4.69, 9.17) is 0 Å². The smallest absolute Gasteiger partial charge is 0.233 e. The van der Waals surface area contributed by atoms with E-state index >= 15 is 0 Å². The van der Waals surface area contributed by atoms with Gasteiger partial charge in [-0.3, -0.25) is 9.59 Å². The van der Waals surface area contributed by atoms with E-state index in [0.29, 0.717) is 6.54 Å². The Kier molecular flexibility index (Phi) is 2.64. The molecule has 2 rings (SSSR count). The Morgan fingerprint density at radius 3 is 2.81 bits per heavy atom. The highest BCUT2D eigenvalue weighted by Crippen LogP contribution is 2.32. The summed E-state index contributed by atoms with van der Waals surface area (Å²) in [5.41, 5.74) is 1.83. The SMILES string of the molecule is CC(=O)N(C)CC1C(=O)Nc2ccccc21. The van der Waals surface area contributed by atoms with Crippen LogP contribution >= 0.6 is 0 Å². The van der Waals surface area contributed by atoms with Crippen molar-refractivity contribution in [2.75, 3.05) is 18.9 Å². The van der Waals surface area contributed by atoms with Crippen LogP contribution in [0.3, 0.4) is 0 Å². The second kappa shape index (κ2) is 3.96. The van der Waals surface area contributed by atoms with Gasteiger partial charge in [0.15, 0.2) is 0 Å². The fraction of sp³-hybridized carbons (Fsp3) is 0.333. The Hall–Kier alpha value is -1.84. The van der Waals surface area contributed by atoms with Crippen molar-refractivity contribution >= 4 is 17.5 Å². The Labute approximate surface area is 94.2 Å². The average Bonchev–Trinajstić information content (AvgIpc) is 2.55. The quantitative estimate of drug-likeness (QED) is 0.810. The predicted octanol–water partition coefficient (Wildman–Crippen LogP) is 1.20.